The first-order valence-corrected chi connectivity index (χ1v) is 8.51. The Labute approximate surface area is 146 Å². The molecule has 0 atom stereocenters. The third kappa shape index (κ3) is 3.55. The Bertz CT molecular complexity index is 881. The van der Waals surface area contributed by atoms with E-state index in [1.807, 2.05) is 50.4 Å². The minimum absolute atomic E-state index is 0.00885. The minimum Gasteiger partial charge on any atom is -0.423 e. The van der Waals surface area contributed by atoms with Crippen LogP contribution in [0.3, 0.4) is 0 Å². The van der Waals surface area contributed by atoms with Gasteiger partial charge >= 0.3 is 0 Å². The van der Waals surface area contributed by atoms with Crippen molar-refractivity contribution in [2.75, 3.05) is 0 Å². The number of carbonyl (C=O) groups excluding carboxylic acids is 1. The summed E-state index contributed by atoms with van der Waals surface area (Å²) in [5.74, 6) is 1.06. The zero-order valence-corrected chi connectivity index (χ0v) is 15.1. The van der Waals surface area contributed by atoms with E-state index in [1.165, 1.54) is 0 Å². The van der Waals surface area contributed by atoms with Gasteiger partial charge in [0.1, 0.15) is 5.65 Å². The summed E-state index contributed by atoms with van der Waals surface area (Å²) in [4.78, 5) is 19.0. The van der Waals surface area contributed by atoms with E-state index in [9.17, 15) is 4.79 Å². The van der Waals surface area contributed by atoms with E-state index in [4.69, 9.17) is 4.42 Å². The van der Waals surface area contributed by atoms with Crippen molar-refractivity contribution in [3.8, 4) is 0 Å². The van der Waals surface area contributed by atoms with Crippen LogP contribution in [0.15, 0.2) is 28.9 Å². The minimum atomic E-state index is 0.00885. The molecule has 1 amide bonds. The van der Waals surface area contributed by atoms with Gasteiger partial charge in [0.15, 0.2) is 0 Å². The number of nitrogens with zero attached hydrogens (tertiary/aromatic N) is 5. The predicted octanol–water partition coefficient (Wildman–Crippen LogP) is 2.57. The highest BCUT2D eigenvalue weighted by Crippen LogP contribution is 2.15. The molecule has 3 aromatic heterocycles. The van der Waals surface area contributed by atoms with E-state index in [0.29, 0.717) is 24.7 Å². The quantitative estimate of drug-likeness (QED) is 0.689. The first kappa shape index (κ1) is 17.1. The molecule has 3 aromatic rings. The Hall–Kier alpha value is -2.70. The Morgan fingerprint density at radius 1 is 1.32 bits per heavy atom. The number of fused-ring (bicyclic) bond motifs is 1. The van der Waals surface area contributed by atoms with Crippen LogP contribution >= 0.6 is 0 Å². The molecule has 7 heteroatoms. The second-order valence-corrected chi connectivity index (χ2v) is 6.37. The molecule has 0 aliphatic heterocycles. The number of imidazole rings is 1. The fourth-order valence-corrected chi connectivity index (χ4v) is 2.79. The van der Waals surface area contributed by atoms with Crippen LogP contribution < -0.4 is 0 Å². The van der Waals surface area contributed by atoms with E-state index in [0.717, 1.165) is 16.9 Å². The summed E-state index contributed by atoms with van der Waals surface area (Å²) in [6.45, 7) is 8.24. The molecule has 0 aromatic carbocycles. The molecule has 0 N–H and O–H groups in total. The van der Waals surface area contributed by atoms with Gasteiger partial charge in [0.05, 0.1) is 18.7 Å². The largest absolute Gasteiger partial charge is 0.423 e. The normalized spacial score (nSPS) is 11.4. The third-order valence-electron chi connectivity index (χ3n) is 4.20. The number of hydrogen-bond acceptors (Lipinski definition) is 5. The molecule has 3 rings (SSSR count). The van der Waals surface area contributed by atoms with Crippen LogP contribution in [0.1, 0.15) is 43.8 Å². The fourth-order valence-electron chi connectivity index (χ4n) is 2.79. The number of hydrogen-bond donors (Lipinski definition) is 0. The van der Waals surface area contributed by atoms with Gasteiger partial charge in [-0.3, -0.25) is 4.79 Å². The number of amides is 1. The molecule has 0 aliphatic rings. The summed E-state index contributed by atoms with van der Waals surface area (Å²) in [6, 6.07) is 4.00. The number of pyridine rings is 1. The molecule has 7 nitrogen and oxygen atoms in total. The maximum atomic E-state index is 12.9. The highest BCUT2D eigenvalue weighted by molar-refractivity contribution is 5.78. The summed E-state index contributed by atoms with van der Waals surface area (Å²) >= 11 is 0. The Morgan fingerprint density at radius 2 is 2.08 bits per heavy atom. The van der Waals surface area contributed by atoms with Crippen molar-refractivity contribution in [3.63, 3.8) is 0 Å². The first-order chi connectivity index (χ1) is 12.0. The SMILES string of the molecule is CCc1nnc(CN(C(=O)Cc2cnc3c(C)cccn23)C(C)C)o1. The standard InChI is InChI=1S/C18H23N5O2/c1-5-15-20-21-16(25-15)11-23(12(2)3)17(24)9-14-10-19-18-13(4)7-6-8-22(14)18/h6-8,10,12H,5,9,11H2,1-4H3. The molecule has 0 aliphatic carbocycles. The van der Waals surface area contributed by atoms with Crippen LogP contribution in [0.4, 0.5) is 0 Å². The fraction of sp³-hybridized carbons (Fsp3) is 0.444. The highest BCUT2D eigenvalue weighted by Gasteiger charge is 2.21. The maximum absolute atomic E-state index is 12.9. The number of aromatic nitrogens is 4. The summed E-state index contributed by atoms with van der Waals surface area (Å²) in [6.07, 6.45) is 4.66. The van der Waals surface area contributed by atoms with Gasteiger partial charge in [0.2, 0.25) is 17.7 Å². The molecule has 25 heavy (non-hydrogen) atoms. The van der Waals surface area contributed by atoms with Crippen LogP contribution in [0, 0.1) is 6.92 Å². The lowest BCUT2D eigenvalue weighted by Gasteiger charge is -2.25. The lowest BCUT2D eigenvalue weighted by atomic mass is 10.2. The Morgan fingerprint density at radius 3 is 2.76 bits per heavy atom. The molecular weight excluding hydrogens is 318 g/mol. The van der Waals surface area contributed by atoms with Gasteiger partial charge in [-0.05, 0) is 32.4 Å². The number of carbonyl (C=O) groups is 1. The number of aryl methyl sites for hydroxylation is 2. The number of rotatable bonds is 6. The van der Waals surface area contributed by atoms with Crippen molar-refractivity contribution in [1.29, 1.82) is 0 Å². The molecule has 0 bridgehead atoms. The zero-order valence-electron chi connectivity index (χ0n) is 15.1. The van der Waals surface area contributed by atoms with Gasteiger partial charge in [-0.25, -0.2) is 4.98 Å². The zero-order chi connectivity index (χ0) is 18.0. The molecular formula is C18H23N5O2. The predicted molar refractivity (Wildman–Crippen MR) is 93.0 cm³/mol. The second-order valence-electron chi connectivity index (χ2n) is 6.37. The summed E-state index contributed by atoms with van der Waals surface area (Å²) < 4.78 is 7.52. The van der Waals surface area contributed by atoms with Gasteiger partial charge in [-0.2, -0.15) is 0 Å². The van der Waals surface area contributed by atoms with Crippen molar-refractivity contribution in [3.05, 3.63) is 47.6 Å². The van der Waals surface area contributed by atoms with Crippen molar-refractivity contribution in [2.24, 2.45) is 0 Å². The maximum Gasteiger partial charge on any atom is 0.235 e. The highest BCUT2D eigenvalue weighted by atomic mass is 16.4. The molecule has 0 fully saturated rings. The van der Waals surface area contributed by atoms with Gasteiger partial charge in [-0.1, -0.05) is 13.0 Å². The van der Waals surface area contributed by atoms with Gasteiger partial charge in [0.25, 0.3) is 0 Å². The summed E-state index contributed by atoms with van der Waals surface area (Å²) in [7, 11) is 0. The second kappa shape index (κ2) is 7.04. The average Bonchev–Trinajstić information content (AvgIpc) is 3.20. The molecule has 0 radical (unpaired) electrons. The van der Waals surface area contributed by atoms with E-state index in [2.05, 4.69) is 15.2 Å². The van der Waals surface area contributed by atoms with Crippen LogP contribution in [-0.4, -0.2) is 36.4 Å². The van der Waals surface area contributed by atoms with Crippen LogP contribution in [-0.2, 0) is 24.2 Å². The van der Waals surface area contributed by atoms with E-state index >= 15 is 0 Å². The molecule has 0 saturated heterocycles. The van der Waals surface area contributed by atoms with Crippen LogP contribution in [0.25, 0.3) is 5.65 Å². The van der Waals surface area contributed by atoms with Crippen LogP contribution in [0.2, 0.25) is 0 Å². The lowest BCUT2D eigenvalue weighted by Crippen LogP contribution is -2.37. The van der Waals surface area contributed by atoms with Crippen molar-refractivity contribution in [2.45, 2.75) is 53.1 Å². The summed E-state index contributed by atoms with van der Waals surface area (Å²) in [5, 5.41) is 7.99. The Kier molecular flexibility index (Phi) is 4.83. The lowest BCUT2D eigenvalue weighted by molar-refractivity contribution is -0.133. The monoisotopic (exact) mass is 341 g/mol. The van der Waals surface area contributed by atoms with Crippen molar-refractivity contribution in [1.82, 2.24) is 24.5 Å². The van der Waals surface area contributed by atoms with E-state index in [-0.39, 0.29) is 18.4 Å². The van der Waals surface area contributed by atoms with Gasteiger partial charge in [0, 0.05) is 24.9 Å². The molecule has 0 unspecified atom stereocenters. The average molecular weight is 341 g/mol. The van der Waals surface area contributed by atoms with Gasteiger partial charge in [-0.15, -0.1) is 10.2 Å². The molecule has 0 spiro atoms. The van der Waals surface area contributed by atoms with E-state index in [1.54, 1.807) is 11.1 Å². The Balaban J connectivity index is 1.79. The van der Waals surface area contributed by atoms with Crippen molar-refractivity contribution < 1.29 is 9.21 Å². The van der Waals surface area contributed by atoms with Crippen LogP contribution in [0.5, 0.6) is 0 Å². The third-order valence-corrected chi connectivity index (χ3v) is 4.20. The smallest absolute Gasteiger partial charge is 0.235 e. The van der Waals surface area contributed by atoms with Gasteiger partial charge < -0.3 is 13.7 Å². The molecule has 0 saturated carbocycles. The van der Waals surface area contributed by atoms with E-state index < -0.39 is 0 Å². The molecule has 132 valence electrons. The summed E-state index contributed by atoms with van der Waals surface area (Å²) in [5.41, 5.74) is 2.83. The van der Waals surface area contributed by atoms with Crippen molar-refractivity contribution >= 4 is 11.6 Å². The first-order valence-electron chi connectivity index (χ1n) is 8.51. The molecule has 3 heterocycles. The topological polar surface area (TPSA) is 76.5 Å².